The molecule has 0 radical (unpaired) electrons. The van der Waals surface area contributed by atoms with Crippen LogP contribution in [0.1, 0.15) is 50.5 Å². The lowest BCUT2D eigenvalue weighted by molar-refractivity contribution is 0.266. The van der Waals surface area contributed by atoms with Crippen LogP contribution >= 0.6 is 0 Å². The van der Waals surface area contributed by atoms with Crippen molar-refractivity contribution in [3.05, 3.63) is 23.7 Å². The molecule has 0 aromatic carbocycles. The van der Waals surface area contributed by atoms with Crippen LogP contribution in [0, 0.1) is 0 Å². The zero-order valence-corrected chi connectivity index (χ0v) is 11.9. The van der Waals surface area contributed by atoms with Crippen LogP contribution in [0.5, 0.6) is 0 Å². The fourth-order valence-corrected chi connectivity index (χ4v) is 2.56. The third kappa shape index (κ3) is 3.36. The van der Waals surface area contributed by atoms with E-state index in [2.05, 4.69) is 37.2 Å². The monoisotopic (exact) mass is 250 g/mol. The molecule has 1 heterocycles. The average Bonchev–Trinajstić information content (AvgIpc) is 2.83. The molecular formula is C15H26N2O. The van der Waals surface area contributed by atoms with Crippen LogP contribution in [0.25, 0.3) is 0 Å². The average molecular weight is 250 g/mol. The topological polar surface area (TPSA) is 28.4 Å². The van der Waals surface area contributed by atoms with Crippen LogP contribution in [0.15, 0.2) is 16.7 Å². The van der Waals surface area contributed by atoms with E-state index in [9.17, 15) is 0 Å². The van der Waals surface area contributed by atoms with E-state index in [-0.39, 0.29) is 0 Å². The SMILES string of the molecule is CC(C)N(C)CCCNC1CCCc2occc21. The van der Waals surface area contributed by atoms with Crippen molar-refractivity contribution in [2.75, 3.05) is 20.1 Å². The van der Waals surface area contributed by atoms with E-state index < -0.39 is 0 Å². The van der Waals surface area contributed by atoms with Crippen LogP contribution in [0.3, 0.4) is 0 Å². The second-order valence-electron chi connectivity index (χ2n) is 5.63. The normalized spacial score (nSPS) is 19.5. The second-order valence-corrected chi connectivity index (χ2v) is 5.63. The van der Waals surface area contributed by atoms with Crippen molar-refractivity contribution in [3.8, 4) is 0 Å². The molecule has 0 amide bonds. The maximum Gasteiger partial charge on any atom is 0.108 e. The highest BCUT2D eigenvalue weighted by Gasteiger charge is 2.21. The Hall–Kier alpha value is -0.800. The molecule has 1 aliphatic rings. The summed E-state index contributed by atoms with van der Waals surface area (Å²) >= 11 is 0. The van der Waals surface area contributed by atoms with Gasteiger partial charge in [-0.25, -0.2) is 0 Å². The molecule has 0 fully saturated rings. The first-order valence-corrected chi connectivity index (χ1v) is 7.18. The molecule has 0 saturated heterocycles. The van der Waals surface area contributed by atoms with Gasteiger partial charge in [-0.1, -0.05) is 0 Å². The maximum atomic E-state index is 5.51. The molecule has 3 heteroatoms. The molecular weight excluding hydrogens is 224 g/mol. The summed E-state index contributed by atoms with van der Waals surface area (Å²) in [5.74, 6) is 1.19. The molecule has 0 bridgehead atoms. The lowest BCUT2D eigenvalue weighted by atomic mass is 9.93. The van der Waals surface area contributed by atoms with Gasteiger partial charge in [0.2, 0.25) is 0 Å². The van der Waals surface area contributed by atoms with Gasteiger partial charge in [0.25, 0.3) is 0 Å². The van der Waals surface area contributed by atoms with Gasteiger partial charge in [0, 0.05) is 24.1 Å². The number of aryl methyl sites for hydroxylation is 1. The van der Waals surface area contributed by atoms with Crippen LogP contribution in [0.2, 0.25) is 0 Å². The number of hydrogen-bond donors (Lipinski definition) is 1. The number of hydrogen-bond acceptors (Lipinski definition) is 3. The molecule has 1 atom stereocenters. The Bertz CT molecular complexity index is 359. The fourth-order valence-electron chi connectivity index (χ4n) is 2.56. The molecule has 3 nitrogen and oxygen atoms in total. The van der Waals surface area contributed by atoms with Gasteiger partial charge < -0.3 is 14.6 Å². The molecule has 102 valence electrons. The van der Waals surface area contributed by atoms with Crippen LogP contribution in [-0.2, 0) is 6.42 Å². The van der Waals surface area contributed by atoms with Gasteiger partial charge in [-0.05, 0) is 59.3 Å². The molecule has 1 aliphatic carbocycles. The zero-order chi connectivity index (χ0) is 13.0. The number of nitrogens with one attached hydrogen (secondary N) is 1. The zero-order valence-electron chi connectivity index (χ0n) is 11.9. The van der Waals surface area contributed by atoms with Crippen molar-refractivity contribution in [2.45, 2.75) is 51.6 Å². The van der Waals surface area contributed by atoms with E-state index in [0.29, 0.717) is 12.1 Å². The Morgan fingerprint density at radius 3 is 3.11 bits per heavy atom. The summed E-state index contributed by atoms with van der Waals surface area (Å²) in [4.78, 5) is 2.39. The van der Waals surface area contributed by atoms with E-state index in [1.807, 2.05) is 6.26 Å². The minimum Gasteiger partial charge on any atom is -0.469 e. The van der Waals surface area contributed by atoms with Gasteiger partial charge in [-0.15, -0.1) is 0 Å². The number of nitrogens with zero attached hydrogens (tertiary/aromatic N) is 1. The number of rotatable bonds is 6. The highest BCUT2D eigenvalue weighted by molar-refractivity contribution is 5.23. The van der Waals surface area contributed by atoms with Gasteiger partial charge in [-0.3, -0.25) is 0 Å². The maximum absolute atomic E-state index is 5.51. The quantitative estimate of drug-likeness (QED) is 0.787. The first kappa shape index (κ1) is 13.6. The number of furan rings is 1. The van der Waals surface area contributed by atoms with E-state index in [0.717, 1.165) is 19.5 Å². The second kappa shape index (κ2) is 6.39. The lowest BCUT2D eigenvalue weighted by Gasteiger charge is -2.24. The Labute approximate surface area is 111 Å². The Balaban J connectivity index is 1.72. The van der Waals surface area contributed by atoms with E-state index in [4.69, 9.17) is 4.42 Å². The summed E-state index contributed by atoms with van der Waals surface area (Å²) in [7, 11) is 2.19. The van der Waals surface area contributed by atoms with Gasteiger partial charge in [0.15, 0.2) is 0 Å². The molecule has 1 aromatic heterocycles. The molecule has 0 aliphatic heterocycles. The van der Waals surface area contributed by atoms with Gasteiger partial charge in [0.05, 0.1) is 6.26 Å². The van der Waals surface area contributed by atoms with E-state index in [1.165, 1.54) is 30.6 Å². The highest BCUT2D eigenvalue weighted by Crippen LogP contribution is 2.30. The predicted octanol–water partition coefficient (Wildman–Crippen LogP) is 2.98. The minimum absolute atomic E-state index is 0.511. The van der Waals surface area contributed by atoms with Crippen LogP contribution in [-0.4, -0.2) is 31.1 Å². The molecule has 1 aromatic rings. The highest BCUT2D eigenvalue weighted by atomic mass is 16.3. The van der Waals surface area contributed by atoms with Crippen molar-refractivity contribution in [1.82, 2.24) is 10.2 Å². The third-order valence-corrected chi connectivity index (χ3v) is 4.01. The molecule has 18 heavy (non-hydrogen) atoms. The Morgan fingerprint density at radius 1 is 1.50 bits per heavy atom. The molecule has 0 saturated carbocycles. The first-order valence-electron chi connectivity index (χ1n) is 7.18. The standard InChI is InChI=1S/C15H26N2O/c1-12(2)17(3)10-5-9-16-14-6-4-7-15-13(14)8-11-18-15/h8,11-12,14,16H,4-7,9-10H2,1-3H3. The minimum atomic E-state index is 0.511. The molecule has 2 rings (SSSR count). The fraction of sp³-hybridized carbons (Fsp3) is 0.733. The van der Waals surface area contributed by atoms with Crippen LogP contribution in [0.4, 0.5) is 0 Å². The summed E-state index contributed by atoms with van der Waals surface area (Å²) in [6.07, 6.45) is 6.63. The third-order valence-electron chi connectivity index (χ3n) is 4.01. The first-order chi connectivity index (χ1) is 8.68. The van der Waals surface area contributed by atoms with Crippen molar-refractivity contribution in [1.29, 1.82) is 0 Å². The Morgan fingerprint density at radius 2 is 2.33 bits per heavy atom. The van der Waals surface area contributed by atoms with E-state index >= 15 is 0 Å². The van der Waals surface area contributed by atoms with Crippen molar-refractivity contribution < 1.29 is 4.42 Å². The smallest absolute Gasteiger partial charge is 0.108 e. The van der Waals surface area contributed by atoms with Gasteiger partial charge in [-0.2, -0.15) is 0 Å². The molecule has 1 N–H and O–H groups in total. The van der Waals surface area contributed by atoms with Crippen molar-refractivity contribution in [3.63, 3.8) is 0 Å². The molecule has 1 unspecified atom stereocenters. The van der Waals surface area contributed by atoms with E-state index in [1.54, 1.807) is 0 Å². The summed E-state index contributed by atoms with van der Waals surface area (Å²) < 4.78 is 5.51. The van der Waals surface area contributed by atoms with Crippen molar-refractivity contribution >= 4 is 0 Å². The lowest BCUT2D eigenvalue weighted by Crippen LogP contribution is -2.31. The van der Waals surface area contributed by atoms with Crippen LogP contribution < -0.4 is 5.32 Å². The summed E-state index contributed by atoms with van der Waals surface area (Å²) in [5.41, 5.74) is 1.39. The Kier molecular flexibility index (Phi) is 4.84. The molecule has 0 spiro atoms. The van der Waals surface area contributed by atoms with Gasteiger partial charge in [0.1, 0.15) is 5.76 Å². The summed E-state index contributed by atoms with van der Waals surface area (Å²) in [6.45, 7) is 6.74. The van der Waals surface area contributed by atoms with Crippen molar-refractivity contribution in [2.24, 2.45) is 0 Å². The predicted molar refractivity (Wildman–Crippen MR) is 74.8 cm³/mol. The summed E-state index contributed by atoms with van der Waals surface area (Å²) in [6, 6.07) is 3.28. The largest absolute Gasteiger partial charge is 0.469 e. The van der Waals surface area contributed by atoms with Gasteiger partial charge >= 0.3 is 0 Å². The summed E-state index contributed by atoms with van der Waals surface area (Å²) in [5, 5.41) is 3.67. The number of fused-ring (bicyclic) bond motifs is 1.